The minimum atomic E-state index is -0.716. The van der Waals surface area contributed by atoms with Crippen molar-refractivity contribution in [2.75, 3.05) is 6.61 Å². The second kappa shape index (κ2) is 5.18. The molecule has 0 aromatic heterocycles. The van der Waals surface area contributed by atoms with Crippen LogP contribution in [0.5, 0.6) is 0 Å². The maximum atomic E-state index is 12.3. The molecule has 0 N–H and O–H groups in total. The van der Waals surface area contributed by atoms with Crippen molar-refractivity contribution in [3.8, 4) is 0 Å². The summed E-state index contributed by atoms with van der Waals surface area (Å²) in [6, 6.07) is 6.53. The average Bonchev–Trinajstić information content (AvgIpc) is 2.42. The molecule has 1 aromatic rings. The first-order valence-corrected chi connectivity index (χ1v) is 6.20. The van der Waals surface area contributed by atoms with Crippen LogP contribution in [0.2, 0.25) is 0 Å². The highest BCUT2D eigenvalue weighted by molar-refractivity contribution is 6.35. The number of esters is 1. The number of Topliss-reactive ketones (excluding diaryl/α,β-unsaturated/α-hetero) is 2. The summed E-state index contributed by atoms with van der Waals surface area (Å²) in [6.07, 6.45) is 0.326. The number of hydrogen-bond donors (Lipinski definition) is 0. The van der Waals surface area contributed by atoms with E-state index < -0.39 is 11.8 Å². The Morgan fingerprint density at radius 2 is 1.63 bits per heavy atom. The molecule has 0 fully saturated rings. The van der Waals surface area contributed by atoms with Gasteiger partial charge in [-0.05, 0) is 13.3 Å². The van der Waals surface area contributed by atoms with E-state index in [2.05, 4.69) is 0 Å². The number of carbonyl (C=O) groups is 3. The predicted octanol–water partition coefficient (Wildman–Crippen LogP) is 2.34. The van der Waals surface area contributed by atoms with E-state index in [1.807, 2.05) is 0 Å². The first-order chi connectivity index (χ1) is 9.11. The SMILES string of the molecule is CCOC(=O)C1=C(CC)C(=O)c2ccccc2C1=O. The zero-order valence-electron chi connectivity index (χ0n) is 10.9. The van der Waals surface area contributed by atoms with Gasteiger partial charge in [0.2, 0.25) is 5.78 Å². The van der Waals surface area contributed by atoms with Crippen molar-refractivity contribution >= 4 is 17.5 Å². The second-order valence-corrected chi connectivity index (χ2v) is 4.13. The van der Waals surface area contributed by atoms with Gasteiger partial charge in [0.05, 0.1) is 6.61 Å². The number of ether oxygens (including phenoxy) is 1. The van der Waals surface area contributed by atoms with Gasteiger partial charge in [-0.3, -0.25) is 9.59 Å². The summed E-state index contributed by atoms with van der Waals surface area (Å²) in [5.41, 5.74) is 0.750. The molecule has 0 radical (unpaired) electrons. The number of benzene rings is 1. The largest absolute Gasteiger partial charge is 0.462 e. The minimum Gasteiger partial charge on any atom is -0.462 e. The van der Waals surface area contributed by atoms with Gasteiger partial charge in [-0.1, -0.05) is 31.2 Å². The molecule has 0 saturated carbocycles. The van der Waals surface area contributed by atoms with E-state index in [-0.39, 0.29) is 29.1 Å². The highest BCUT2D eigenvalue weighted by atomic mass is 16.5. The number of rotatable bonds is 3. The molecular weight excluding hydrogens is 244 g/mol. The van der Waals surface area contributed by atoms with E-state index in [9.17, 15) is 14.4 Å². The van der Waals surface area contributed by atoms with Crippen LogP contribution in [-0.4, -0.2) is 24.1 Å². The molecule has 0 saturated heterocycles. The van der Waals surface area contributed by atoms with E-state index in [0.29, 0.717) is 12.0 Å². The lowest BCUT2D eigenvalue weighted by Gasteiger charge is -2.19. The van der Waals surface area contributed by atoms with Crippen LogP contribution in [0.1, 0.15) is 41.0 Å². The number of fused-ring (bicyclic) bond motifs is 1. The van der Waals surface area contributed by atoms with Gasteiger partial charge in [-0.15, -0.1) is 0 Å². The van der Waals surface area contributed by atoms with Crippen molar-refractivity contribution in [1.82, 2.24) is 0 Å². The first kappa shape index (κ1) is 13.2. The lowest BCUT2D eigenvalue weighted by molar-refractivity contribution is -0.138. The van der Waals surface area contributed by atoms with Crippen LogP contribution in [0.15, 0.2) is 35.4 Å². The number of hydrogen-bond acceptors (Lipinski definition) is 4. The van der Waals surface area contributed by atoms with Crippen LogP contribution in [0.4, 0.5) is 0 Å². The maximum absolute atomic E-state index is 12.3. The van der Waals surface area contributed by atoms with E-state index in [1.54, 1.807) is 38.1 Å². The van der Waals surface area contributed by atoms with Crippen LogP contribution in [0.25, 0.3) is 0 Å². The monoisotopic (exact) mass is 258 g/mol. The molecule has 19 heavy (non-hydrogen) atoms. The van der Waals surface area contributed by atoms with E-state index >= 15 is 0 Å². The Hall–Kier alpha value is -2.23. The van der Waals surface area contributed by atoms with Gasteiger partial charge in [0.15, 0.2) is 5.78 Å². The second-order valence-electron chi connectivity index (χ2n) is 4.13. The van der Waals surface area contributed by atoms with E-state index in [1.165, 1.54) is 0 Å². The predicted molar refractivity (Wildman–Crippen MR) is 69.1 cm³/mol. The molecule has 0 atom stereocenters. The van der Waals surface area contributed by atoms with Crippen LogP contribution in [0, 0.1) is 0 Å². The lowest BCUT2D eigenvalue weighted by Crippen LogP contribution is -2.27. The third-order valence-corrected chi connectivity index (χ3v) is 3.05. The van der Waals surface area contributed by atoms with Crippen LogP contribution in [0.3, 0.4) is 0 Å². The third-order valence-electron chi connectivity index (χ3n) is 3.05. The summed E-state index contributed by atoms with van der Waals surface area (Å²) in [6.45, 7) is 3.57. The molecule has 0 aliphatic heterocycles. The van der Waals surface area contributed by atoms with Gasteiger partial charge in [-0.25, -0.2) is 4.79 Å². The fourth-order valence-corrected chi connectivity index (χ4v) is 2.18. The zero-order valence-corrected chi connectivity index (χ0v) is 10.9. The van der Waals surface area contributed by atoms with Crippen molar-refractivity contribution < 1.29 is 19.1 Å². The fraction of sp³-hybridized carbons (Fsp3) is 0.267. The maximum Gasteiger partial charge on any atom is 0.342 e. The quantitative estimate of drug-likeness (QED) is 0.616. The minimum absolute atomic E-state index is 0.118. The van der Waals surface area contributed by atoms with Crippen molar-refractivity contribution in [1.29, 1.82) is 0 Å². The first-order valence-electron chi connectivity index (χ1n) is 6.20. The molecular formula is C15H14O4. The van der Waals surface area contributed by atoms with Gasteiger partial charge in [0.25, 0.3) is 0 Å². The molecule has 0 amide bonds. The fourth-order valence-electron chi connectivity index (χ4n) is 2.18. The Morgan fingerprint density at radius 1 is 1.05 bits per heavy atom. The average molecular weight is 258 g/mol. The molecule has 0 unspecified atom stereocenters. The molecule has 1 aliphatic rings. The molecule has 1 aliphatic carbocycles. The molecule has 2 rings (SSSR count). The topological polar surface area (TPSA) is 60.4 Å². The molecule has 4 nitrogen and oxygen atoms in total. The van der Waals surface area contributed by atoms with Crippen LogP contribution in [-0.2, 0) is 9.53 Å². The molecule has 0 bridgehead atoms. The van der Waals surface area contributed by atoms with Gasteiger partial charge in [0.1, 0.15) is 5.57 Å². The lowest BCUT2D eigenvalue weighted by atomic mass is 9.83. The van der Waals surface area contributed by atoms with Gasteiger partial charge < -0.3 is 4.74 Å². The van der Waals surface area contributed by atoms with Crippen molar-refractivity contribution in [2.45, 2.75) is 20.3 Å². The Bertz CT molecular complexity index is 596. The summed E-state index contributed by atoms with van der Waals surface area (Å²) in [7, 11) is 0. The Kier molecular flexibility index (Phi) is 3.60. The Balaban J connectivity index is 2.60. The third kappa shape index (κ3) is 2.10. The Morgan fingerprint density at radius 3 is 2.16 bits per heavy atom. The molecule has 1 aromatic carbocycles. The van der Waals surface area contributed by atoms with E-state index in [0.717, 1.165) is 0 Å². The zero-order chi connectivity index (χ0) is 14.0. The normalized spacial score (nSPS) is 14.4. The van der Waals surface area contributed by atoms with Gasteiger partial charge >= 0.3 is 5.97 Å². The molecule has 4 heteroatoms. The van der Waals surface area contributed by atoms with Crippen molar-refractivity contribution in [3.05, 3.63) is 46.5 Å². The summed E-state index contributed by atoms with van der Waals surface area (Å²) >= 11 is 0. The summed E-state index contributed by atoms with van der Waals surface area (Å²) < 4.78 is 4.88. The Labute approximate surface area is 111 Å². The van der Waals surface area contributed by atoms with Crippen molar-refractivity contribution in [2.24, 2.45) is 0 Å². The van der Waals surface area contributed by atoms with Crippen LogP contribution >= 0.6 is 0 Å². The summed E-state index contributed by atoms with van der Waals surface area (Å²) in [4.78, 5) is 36.5. The number of allylic oxidation sites excluding steroid dienone is 1. The molecule has 0 heterocycles. The van der Waals surface area contributed by atoms with Gasteiger partial charge in [0, 0.05) is 16.7 Å². The summed E-state index contributed by atoms with van der Waals surface area (Å²) in [5.74, 6) is -1.40. The standard InChI is InChI=1S/C15H14O4/c1-3-9-12(15(18)19-4-2)14(17)11-8-6-5-7-10(11)13(9)16/h5-8H,3-4H2,1-2H3. The summed E-state index contributed by atoms with van der Waals surface area (Å²) in [5, 5.41) is 0. The smallest absolute Gasteiger partial charge is 0.342 e. The molecule has 98 valence electrons. The highest BCUT2D eigenvalue weighted by Crippen LogP contribution is 2.28. The van der Waals surface area contributed by atoms with Crippen LogP contribution < -0.4 is 0 Å². The number of ketones is 2. The highest BCUT2D eigenvalue weighted by Gasteiger charge is 2.35. The number of carbonyl (C=O) groups excluding carboxylic acids is 3. The van der Waals surface area contributed by atoms with E-state index in [4.69, 9.17) is 4.74 Å². The molecule has 0 spiro atoms. The van der Waals surface area contributed by atoms with Crippen molar-refractivity contribution in [3.63, 3.8) is 0 Å². The van der Waals surface area contributed by atoms with Gasteiger partial charge in [-0.2, -0.15) is 0 Å².